The predicted octanol–water partition coefficient (Wildman–Crippen LogP) is 1.54. The molecule has 0 aromatic heterocycles. The molecule has 0 aliphatic heterocycles. The van der Waals surface area contributed by atoms with Gasteiger partial charge in [0.2, 0.25) is 0 Å². The van der Waals surface area contributed by atoms with Gasteiger partial charge >= 0.3 is 0 Å². The van der Waals surface area contributed by atoms with E-state index < -0.39 is 0 Å². The summed E-state index contributed by atoms with van der Waals surface area (Å²) >= 11 is 0. The number of phenolic OH excluding ortho intramolecular Hbond substituents is 1. The molecule has 1 aromatic carbocycles. The van der Waals surface area contributed by atoms with Crippen LogP contribution in [0.2, 0.25) is 0 Å². The van der Waals surface area contributed by atoms with Crippen molar-refractivity contribution in [3.05, 3.63) is 23.3 Å². The number of carbonyl (C=O) groups excluding carboxylic acids is 1. The molecule has 3 heteroatoms. The molecule has 12 heavy (non-hydrogen) atoms. The largest absolute Gasteiger partial charge is 0.504 e. The van der Waals surface area contributed by atoms with Crippen molar-refractivity contribution >= 4 is 6.47 Å². The second kappa shape index (κ2) is 3.26. The molecule has 64 valence electrons. The Labute approximate surface area is 70.6 Å². The Morgan fingerprint density at radius 2 is 2.08 bits per heavy atom. The fourth-order valence-electron chi connectivity index (χ4n) is 1.06. The molecule has 0 aliphatic carbocycles. The van der Waals surface area contributed by atoms with Crippen LogP contribution in [0.4, 0.5) is 0 Å². The molecular weight excluding hydrogens is 156 g/mol. The highest BCUT2D eigenvalue weighted by Gasteiger charge is 2.05. The summed E-state index contributed by atoms with van der Waals surface area (Å²) in [6.45, 7) is 3.91. The normalized spacial score (nSPS) is 9.50. The zero-order valence-corrected chi connectivity index (χ0v) is 7.00. The van der Waals surface area contributed by atoms with Crippen molar-refractivity contribution in [2.45, 2.75) is 13.8 Å². The third-order valence-corrected chi connectivity index (χ3v) is 1.58. The van der Waals surface area contributed by atoms with Crippen LogP contribution >= 0.6 is 0 Å². The summed E-state index contributed by atoms with van der Waals surface area (Å²) < 4.78 is 4.57. The molecule has 1 N–H and O–H groups in total. The predicted molar refractivity (Wildman–Crippen MR) is 44.3 cm³/mol. The Kier molecular flexibility index (Phi) is 2.33. The maximum atomic E-state index is 10.0. The number of aryl methyl sites for hydroxylation is 2. The molecule has 0 aliphatic rings. The van der Waals surface area contributed by atoms with Gasteiger partial charge in [0.25, 0.3) is 6.47 Å². The monoisotopic (exact) mass is 166 g/mol. The van der Waals surface area contributed by atoms with Crippen LogP contribution in [0, 0.1) is 13.8 Å². The third kappa shape index (κ3) is 1.56. The van der Waals surface area contributed by atoms with Gasteiger partial charge in [0.05, 0.1) is 0 Å². The number of hydrogen-bond acceptors (Lipinski definition) is 3. The van der Waals surface area contributed by atoms with Gasteiger partial charge in [0.1, 0.15) is 0 Å². The topological polar surface area (TPSA) is 46.5 Å². The maximum Gasteiger partial charge on any atom is 0.298 e. The van der Waals surface area contributed by atoms with E-state index in [9.17, 15) is 9.90 Å². The van der Waals surface area contributed by atoms with E-state index >= 15 is 0 Å². The molecule has 0 saturated carbocycles. The molecule has 0 atom stereocenters. The first kappa shape index (κ1) is 8.59. The van der Waals surface area contributed by atoms with Crippen molar-refractivity contribution in [2.24, 2.45) is 0 Å². The molecule has 0 bridgehead atoms. The van der Waals surface area contributed by atoms with Crippen LogP contribution in [0.3, 0.4) is 0 Å². The summed E-state index contributed by atoms with van der Waals surface area (Å²) in [5.74, 6) is 0.232. The van der Waals surface area contributed by atoms with E-state index in [0.29, 0.717) is 12.0 Å². The Balaban J connectivity index is 3.17. The first-order chi connectivity index (χ1) is 5.65. The minimum absolute atomic E-state index is 0.0210. The number of hydrogen-bond donors (Lipinski definition) is 1. The summed E-state index contributed by atoms with van der Waals surface area (Å²) in [6.07, 6.45) is 0. The maximum absolute atomic E-state index is 10.0. The molecule has 0 amide bonds. The Hall–Kier alpha value is -1.51. The molecular formula is C9H10O3. The second-order valence-electron chi connectivity index (χ2n) is 2.64. The molecule has 0 radical (unpaired) electrons. The number of carbonyl (C=O) groups is 1. The molecule has 3 nitrogen and oxygen atoms in total. The van der Waals surface area contributed by atoms with Gasteiger partial charge in [0, 0.05) is 0 Å². The van der Waals surface area contributed by atoms with Gasteiger partial charge in [-0.05, 0) is 31.0 Å². The van der Waals surface area contributed by atoms with Crippen LogP contribution in [-0.2, 0) is 4.79 Å². The van der Waals surface area contributed by atoms with Gasteiger partial charge in [-0.25, -0.2) is 0 Å². The summed E-state index contributed by atoms with van der Waals surface area (Å²) in [5.41, 5.74) is 1.65. The zero-order valence-electron chi connectivity index (χ0n) is 7.00. The van der Waals surface area contributed by atoms with Crippen LogP contribution in [0.15, 0.2) is 12.1 Å². The van der Waals surface area contributed by atoms with Crippen molar-refractivity contribution in [2.75, 3.05) is 0 Å². The van der Waals surface area contributed by atoms with Crippen molar-refractivity contribution in [3.63, 3.8) is 0 Å². The molecule has 0 saturated heterocycles. The Bertz CT molecular complexity index is 305. The van der Waals surface area contributed by atoms with E-state index in [-0.39, 0.29) is 11.5 Å². The number of aromatic hydroxyl groups is 1. The lowest BCUT2D eigenvalue weighted by Gasteiger charge is -2.05. The Morgan fingerprint density at radius 3 is 2.67 bits per heavy atom. The smallest absolute Gasteiger partial charge is 0.298 e. The molecule has 0 fully saturated rings. The van der Waals surface area contributed by atoms with Gasteiger partial charge in [0.15, 0.2) is 11.5 Å². The molecule has 0 spiro atoms. The summed E-state index contributed by atoms with van der Waals surface area (Å²) in [4.78, 5) is 10.0. The van der Waals surface area contributed by atoms with Crippen LogP contribution in [0.1, 0.15) is 11.1 Å². The van der Waals surface area contributed by atoms with Crippen molar-refractivity contribution in [1.29, 1.82) is 0 Å². The third-order valence-electron chi connectivity index (χ3n) is 1.58. The molecule has 1 rings (SSSR count). The minimum atomic E-state index is 0.0210. The zero-order chi connectivity index (χ0) is 9.14. The van der Waals surface area contributed by atoms with Gasteiger partial charge in [-0.1, -0.05) is 6.07 Å². The first-order valence-corrected chi connectivity index (χ1v) is 3.55. The average Bonchev–Trinajstić information content (AvgIpc) is 2.00. The highest BCUT2D eigenvalue weighted by atomic mass is 16.5. The second-order valence-corrected chi connectivity index (χ2v) is 2.64. The van der Waals surface area contributed by atoms with Crippen LogP contribution in [0.5, 0.6) is 11.5 Å². The van der Waals surface area contributed by atoms with Crippen LogP contribution < -0.4 is 4.74 Å². The standard InChI is InChI=1S/C9H10O3/c1-6-3-7(2)9(11)8(4-6)12-5-10/h3-5,11H,1-2H3. The van der Waals surface area contributed by atoms with E-state index in [2.05, 4.69) is 4.74 Å². The molecule has 0 unspecified atom stereocenters. The van der Waals surface area contributed by atoms with E-state index in [0.717, 1.165) is 5.56 Å². The van der Waals surface area contributed by atoms with Crippen LogP contribution in [-0.4, -0.2) is 11.6 Å². The lowest BCUT2D eigenvalue weighted by molar-refractivity contribution is -0.120. The van der Waals surface area contributed by atoms with Crippen molar-refractivity contribution < 1.29 is 14.6 Å². The summed E-state index contributed by atoms with van der Waals surface area (Å²) in [6, 6.07) is 3.42. The minimum Gasteiger partial charge on any atom is -0.504 e. The first-order valence-electron chi connectivity index (χ1n) is 3.55. The highest BCUT2D eigenvalue weighted by molar-refractivity contribution is 5.54. The van der Waals surface area contributed by atoms with E-state index in [1.165, 1.54) is 0 Å². The van der Waals surface area contributed by atoms with Crippen molar-refractivity contribution in [3.8, 4) is 11.5 Å². The highest BCUT2D eigenvalue weighted by Crippen LogP contribution is 2.30. The fraction of sp³-hybridized carbons (Fsp3) is 0.222. The SMILES string of the molecule is Cc1cc(C)c(O)c(OC=O)c1. The fourth-order valence-corrected chi connectivity index (χ4v) is 1.06. The van der Waals surface area contributed by atoms with Crippen LogP contribution in [0.25, 0.3) is 0 Å². The lowest BCUT2D eigenvalue weighted by atomic mass is 10.1. The quantitative estimate of drug-likeness (QED) is 0.678. The van der Waals surface area contributed by atoms with E-state index in [1.807, 2.05) is 13.0 Å². The number of rotatable bonds is 2. The lowest BCUT2D eigenvalue weighted by Crippen LogP contribution is -1.91. The number of benzene rings is 1. The van der Waals surface area contributed by atoms with Gasteiger partial charge in [-0.2, -0.15) is 0 Å². The van der Waals surface area contributed by atoms with E-state index in [1.54, 1.807) is 13.0 Å². The molecule has 1 aromatic rings. The number of ether oxygens (including phenoxy) is 1. The van der Waals surface area contributed by atoms with Gasteiger partial charge < -0.3 is 9.84 Å². The van der Waals surface area contributed by atoms with Gasteiger partial charge in [-0.15, -0.1) is 0 Å². The molecule has 0 heterocycles. The number of phenols is 1. The van der Waals surface area contributed by atoms with E-state index in [4.69, 9.17) is 0 Å². The van der Waals surface area contributed by atoms with Crippen molar-refractivity contribution in [1.82, 2.24) is 0 Å². The summed E-state index contributed by atoms with van der Waals surface area (Å²) in [7, 11) is 0. The van der Waals surface area contributed by atoms with Gasteiger partial charge in [-0.3, -0.25) is 4.79 Å². The Morgan fingerprint density at radius 1 is 1.42 bits per heavy atom. The summed E-state index contributed by atoms with van der Waals surface area (Å²) in [5, 5.41) is 9.37. The average molecular weight is 166 g/mol.